The van der Waals surface area contributed by atoms with Crippen molar-refractivity contribution < 1.29 is 14.3 Å². The number of thiazole rings is 1. The molecule has 0 amide bonds. The molecule has 0 saturated carbocycles. The van der Waals surface area contributed by atoms with Crippen molar-refractivity contribution in [2.45, 2.75) is 19.4 Å². The van der Waals surface area contributed by atoms with Crippen LogP contribution in [0.4, 0.5) is 10.9 Å². The van der Waals surface area contributed by atoms with Gasteiger partial charge in [0.25, 0.3) is 0 Å². The molecule has 0 bridgehead atoms. The highest BCUT2D eigenvalue weighted by molar-refractivity contribution is 7.18. The summed E-state index contributed by atoms with van der Waals surface area (Å²) in [6, 6.07) is 0. The van der Waals surface area contributed by atoms with Gasteiger partial charge in [-0.15, -0.1) is 0 Å². The van der Waals surface area contributed by atoms with E-state index in [0.717, 1.165) is 24.6 Å². The molecule has 2 heterocycles. The molecular formula is C11H17N3O3S. The molecule has 100 valence electrons. The molecule has 6 nitrogen and oxygen atoms in total. The van der Waals surface area contributed by atoms with Crippen LogP contribution >= 0.6 is 11.3 Å². The van der Waals surface area contributed by atoms with Crippen LogP contribution in [-0.2, 0) is 9.47 Å². The highest BCUT2D eigenvalue weighted by Gasteiger charge is 2.24. The zero-order chi connectivity index (χ0) is 13.1. The first-order valence-electron chi connectivity index (χ1n) is 5.86. The third kappa shape index (κ3) is 2.56. The third-order valence-electron chi connectivity index (χ3n) is 2.88. The van der Waals surface area contributed by atoms with Gasteiger partial charge in [-0.2, -0.15) is 0 Å². The number of carbonyl (C=O) groups excluding carboxylic acids is 1. The first-order valence-corrected chi connectivity index (χ1v) is 6.68. The summed E-state index contributed by atoms with van der Waals surface area (Å²) in [6.07, 6.45) is 1.17. The lowest BCUT2D eigenvalue weighted by molar-refractivity contribution is 0.0384. The molecule has 0 aliphatic carbocycles. The van der Waals surface area contributed by atoms with E-state index in [-0.39, 0.29) is 11.9 Å². The number of aromatic nitrogens is 1. The summed E-state index contributed by atoms with van der Waals surface area (Å²) in [6.45, 7) is 4.31. The number of carbonyl (C=O) groups is 1. The van der Waals surface area contributed by atoms with Crippen LogP contribution in [0.3, 0.4) is 0 Å². The molecule has 1 aromatic rings. The summed E-state index contributed by atoms with van der Waals surface area (Å²) in [5.41, 5.74) is 5.73. The summed E-state index contributed by atoms with van der Waals surface area (Å²) in [5, 5.41) is 0.759. The minimum atomic E-state index is -0.434. The van der Waals surface area contributed by atoms with Crippen LogP contribution in [-0.4, -0.2) is 43.9 Å². The number of nitrogens with zero attached hydrogens (tertiary/aromatic N) is 2. The van der Waals surface area contributed by atoms with Crippen molar-refractivity contribution in [1.29, 1.82) is 0 Å². The van der Waals surface area contributed by atoms with Gasteiger partial charge in [0, 0.05) is 13.1 Å². The van der Waals surface area contributed by atoms with Crippen LogP contribution in [0.25, 0.3) is 0 Å². The van der Waals surface area contributed by atoms with Gasteiger partial charge < -0.3 is 20.1 Å². The minimum absolute atomic E-state index is 0.213. The minimum Gasteiger partial charge on any atom is -0.465 e. The summed E-state index contributed by atoms with van der Waals surface area (Å²) >= 11 is 1.27. The number of hydrogen-bond donors (Lipinski definition) is 1. The van der Waals surface area contributed by atoms with Crippen molar-refractivity contribution in [1.82, 2.24) is 4.98 Å². The highest BCUT2D eigenvalue weighted by Crippen LogP contribution is 2.29. The van der Waals surface area contributed by atoms with Gasteiger partial charge in [-0.3, -0.25) is 0 Å². The molecule has 1 saturated heterocycles. The smallest absolute Gasteiger partial charge is 0.351 e. The largest absolute Gasteiger partial charge is 0.465 e. The second-order valence-electron chi connectivity index (χ2n) is 4.05. The van der Waals surface area contributed by atoms with E-state index in [2.05, 4.69) is 21.5 Å². The molecule has 2 N–H and O–H groups in total. The molecule has 0 radical (unpaired) electrons. The van der Waals surface area contributed by atoms with Crippen molar-refractivity contribution >= 4 is 28.3 Å². The monoisotopic (exact) mass is 271 g/mol. The van der Waals surface area contributed by atoms with E-state index in [4.69, 9.17) is 10.5 Å². The standard InChI is InChI=1S/C11H17N3O3S/c1-3-7-6-14(4-5-17-7)11-13-9(12)8(18-11)10(15)16-2/h7H,3-6,12H2,1-2H3. The fraction of sp³-hybridized carbons (Fsp3) is 0.636. The predicted octanol–water partition coefficient (Wildman–Crippen LogP) is 1.13. The summed E-state index contributed by atoms with van der Waals surface area (Å²) in [4.78, 5) is 18.2. The van der Waals surface area contributed by atoms with E-state index in [1.165, 1.54) is 18.4 Å². The average molecular weight is 271 g/mol. The van der Waals surface area contributed by atoms with E-state index in [1.54, 1.807) is 0 Å². The van der Waals surface area contributed by atoms with Crippen molar-refractivity contribution in [2.24, 2.45) is 0 Å². The Morgan fingerprint density at radius 1 is 1.72 bits per heavy atom. The topological polar surface area (TPSA) is 77.7 Å². The van der Waals surface area contributed by atoms with Crippen LogP contribution in [0.5, 0.6) is 0 Å². The van der Waals surface area contributed by atoms with Crippen molar-refractivity contribution in [3.63, 3.8) is 0 Å². The molecule has 1 aliphatic rings. The van der Waals surface area contributed by atoms with Crippen molar-refractivity contribution in [3.8, 4) is 0 Å². The Morgan fingerprint density at radius 3 is 3.17 bits per heavy atom. The number of ether oxygens (including phenoxy) is 2. The normalized spacial score (nSPS) is 19.9. The molecule has 0 spiro atoms. The van der Waals surface area contributed by atoms with E-state index in [9.17, 15) is 4.79 Å². The number of esters is 1. The SMILES string of the molecule is CCC1CN(c2nc(N)c(C(=O)OC)s2)CCO1. The molecule has 1 atom stereocenters. The number of methoxy groups -OCH3 is 1. The molecule has 1 fully saturated rings. The maximum atomic E-state index is 11.5. The number of anilines is 2. The van der Waals surface area contributed by atoms with Crippen LogP contribution in [0, 0.1) is 0 Å². The molecule has 1 aliphatic heterocycles. The maximum Gasteiger partial charge on any atom is 0.351 e. The Bertz CT molecular complexity index is 435. The molecule has 1 aromatic heterocycles. The van der Waals surface area contributed by atoms with Gasteiger partial charge in [-0.25, -0.2) is 9.78 Å². The van der Waals surface area contributed by atoms with Crippen LogP contribution in [0.1, 0.15) is 23.0 Å². The Hall–Kier alpha value is -1.34. The second kappa shape index (κ2) is 5.53. The summed E-state index contributed by atoms with van der Waals surface area (Å²) in [7, 11) is 1.34. The average Bonchev–Trinajstić information content (AvgIpc) is 2.80. The molecular weight excluding hydrogens is 254 g/mol. The van der Waals surface area contributed by atoms with Gasteiger partial charge in [-0.05, 0) is 6.42 Å². The number of morpholine rings is 1. The van der Waals surface area contributed by atoms with Crippen molar-refractivity contribution in [3.05, 3.63) is 4.88 Å². The van der Waals surface area contributed by atoms with Gasteiger partial charge >= 0.3 is 5.97 Å². The van der Waals surface area contributed by atoms with Crippen molar-refractivity contribution in [2.75, 3.05) is 37.4 Å². The second-order valence-corrected chi connectivity index (χ2v) is 5.03. The van der Waals surface area contributed by atoms with E-state index in [0.29, 0.717) is 11.5 Å². The number of hydrogen-bond acceptors (Lipinski definition) is 7. The molecule has 18 heavy (non-hydrogen) atoms. The highest BCUT2D eigenvalue weighted by atomic mass is 32.1. The van der Waals surface area contributed by atoms with Crippen LogP contribution in [0.15, 0.2) is 0 Å². The maximum absolute atomic E-state index is 11.5. The number of nitrogen functional groups attached to an aromatic ring is 1. The number of rotatable bonds is 3. The summed E-state index contributed by atoms with van der Waals surface area (Å²) < 4.78 is 10.3. The Balaban J connectivity index is 2.16. The van der Waals surface area contributed by atoms with Crippen LogP contribution < -0.4 is 10.6 Å². The van der Waals surface area contributed by atoms with Gasteiger partial charge in [-0.1, -0.05) is 18.3 Å². The summed E-state index contributed by atoms with van der Waals surface area (Å²) in [5.74, 6) is -0.196. The first kappa shape index (κ1) is 13.1. The molecule has 7 heteroatoms. The molecule has 0 aromatic carbocycles. The van der Waals surface area contributed by atoms with E-state index in [1.807, 2.05) is 0 Å². The lowest BCUT2D eigenvalue weighted by Crippen LogP contribution is -2.42. The van der Waals surface area contributed by atoms with Gasteiger partial charge in [0.15, 0.2) is 15.8 Å². The van der Waals surface area contributed by atoms with Gasteiger partial charge in [0.2, 0.25) is 0 Å². The fourth-order valence-corrected chi connectivity index (χ4v) is 2.77. The molecule has 1 unspecified atom stereocenters. The zero-order valence-electron chi connectivity index (χ0n) is 10.5. The third-order valence-corrected chi connectivity index (χ3v) is 3.99. The predicted molar refractivity (Wildman–Crippen MR) is 70.1 cm³/mol. The van der Waals surface area contributed by atoms with E-state index >= 15 is 0 Å². The first-order chi connectivity index (χ1) is 8.65. The van der Waals surface area contributed by atoms with E-state index < -0.39 is 5.97 Å². The lowest BCUT2D eigenvalue weighted by atomic mass is 10.2. The molecule has 2 rings (SSSR count). The quantitative estimate of drug-likeness (QED) is 0.830. The Labute approximate surface area is 110 Å². The zero-order valence-corrected chi connectivity index (χ0v) is 11.3. The van der Waals surface area contributed by atoms with Gasteiger partial charge in [0.1, 0.15) is 0 Å². The fourth-order valence-electron chi connectivity index (χ4n) is 1.83. The lowest BCUT2D eigenvalue weighted by Gasteiger charge is -2.32. The number of nitrogens with two attached hydrogens (primary N) is 1. The Kier molecular flexibility index (Phi) is 4.03. The van der Waals surface area contributed by atoms with Crippen LogP contribution in [0.2, 0.25) is 0 Å². The Morgan fingerprint density at radius 2 is 2.50 bits per heavy atom. The van der Waals surface area contributed by atoms with Gasteiger partial charge in [0.05, 0.1) is 19.8 Å².